The van der Waals surface area contributed by atoms with Gasteiger partial charge < -0.3 is 5.73 Å². The molecule has 0 radical (unpaired) electrons. The molecule has 0 aliphatic heterocycles. The van der Waals surface area contributed by atoms with Gasteiger partial charge in [-0.2, -0.15) is 18.4 Å². The molecule has 0 aliphatic carbocycles. The molecule has 82 valence electrons. The van der Waals surface area contributed by atoms with Crippen molar-refractivity contribution in [2.24, 2.45) is 11.7 Å². The maximum atomic E-state index is 12.3. The van der Waals surface area contributed by atoms with Crippen LogP contribution >= 0.6 is 0 Å². The zero-order valence-corrected chi connectivity index (χ0v) is 8.17. The number of likely N-dealkylation sites (N-methyl/N-ethyl adjacent to an activating group) is 1. The lowest BCUT2D eigenvalue weighted by molar-refractivity contribution is -0.178. The molecule has 3 nitrogen and oxygen atoms in total. The highest BCUT2D eigenvalue weighted by Gasteiger charge is 2.41. The van der Waals surface area contributed by atoms with Crippen LogP contribution in [-0.2, 0) is 0 Å². The molecule has 14 heavy (non-hydrogen) atoms. The topological polar surface area (TPSA) is 53.0 Å². The third-order valence-corrected chi connectivity index (χ3v) is 1.92. The Morgan fingerprint density at radius 2 is 2.00 bits per heavy atom. The molecule has 0 saturated heterocycles. The highest BCUT2D eigenvalue weighted by molar-refractivity contribution is 4.85. The SMILES string of the molecule is CC(C#N)CN(C)C(CN)C(F)(F)F. The fourth-order valence-corrected chi connectivity index (χ4v) is 1.16. The van der Waals surface area contributed by atoms with Gasteiger partial charge in [0.25, 0.3) is 0 Å². The van der Waals surface area contributed by atoms with Crippen LogP contribution in [0, 0.1) is 17.2 Å². The van der Waals surface area contributed by atoms with Gasteiger partial charge in [-0.3, -0.25) is 4.90 Å². The van der Waals surface area contributed by atoms with E-state index < -0.39 is 24.7 Å². The summed E-state index contributed by atoms with van der Waals surface area (Å²) < 4.78 is 37.0. The van der Waals surface area contributed by atoms with E-state index in [0.29, 0.717) is 0 Å². The zero-order valence-electron chi connectivity index (χ0n) is 8.17. The van der Waals surface area contributed by atoms with Crippen molar-refractivity contribution in [2.45, 2.75) is 19.1 Å². The highest BCUT2D eigenvalue weighted by atomic mass is 19.4. The van der Waals surface area contributed by atoms with Gasteiger partial charge in [-0.1, -0.05) is 0 Å². The first kappa shape index (κ1) is 13.2. The Morgan fingerprint density at radius 3 is 2.29 bits per heavy atom. The monoisotopic (exact) mass is 209 g/mol. The standard InChI is InChI=1S/C8H14F3N3/c1-6(3-12)5-14(2)7(4-13)8(9,10)11/h6-7H,4-5,13H2,1-2H3. The second kappa shape index (κ2) is 5.17. The quantitative estimate of drug-likeness (QED) is 0.750. The van der Waals surface area contributed by atoms with Crippen LogP contribution in [0.25, 0.3) is 0 Å². The molecule has 0 amide bonds. The van der Waals surface area contributed by atoms with Crippen LogP contribution in [0.1, 0.15) is 6.92 Å². The normalized spacial score (nSPS) is 16.4. The molecule has 0 bridgehead atoms. The van der Waals surface area contributed by atoms with Crippen LogP contribution in [-0.4, -0.2) is 37.3 Å². The lowest BCUT2D eigenvalue weighted by Gasteiger charge is -2.29. The number of hydrogen-bond acceptors (Lipinski definition) is 3. The fraction of sp³-hybridized carbons (Fsp3) is 0.875. The third-order valence-electron chi connectivity index (χ3n) is 1.92. The molecular formula is C8H14F3N3. The van der Waals surface area contributed by atoms with Crippen molar-refractivity contribution >= 4 is 0 Å². The van der Waals surface area contributed by atoms with E-state index in [1.165, 1.54) is 7.05 Å². The van der Waals surface area contributed by atoms with Crippen LogP contribution in [0.15, 0.2) is 0 Å². The van der Waals surface area contributed by atoms with E-state index in [4.69, 9.17) is 11.0 Å². The molecule has 0 saturated carbocycles. The van der Waals surface area contributed by atoms with Crippen molar-refractivity contribution in [1.82, 2.24) is 4.90 Å². The number of nitrogens with zero attached hydrogens (tertiary/aromatic N) is 2. The van der Waals surface area contributed by atoms with Gasteiger partial charge in [0.2, 0.25) is 0 Å². The van der Waals surface area contributed by atoms with Gasteiger partial charge in [-0.15, -0.1) is 0 Å². The Hall–Kier alpha value is -0.800. The largest absolute Gasteiger partial charge is 0.405 e. The maximum Gasteiger partial charge on any atom is 0.405 e. The number of nitrogens with two attached hydrogens (primary N) is 1. The summed E-state index contributed by atoms with van der Waals surface area (Å²) >= 11 is 0. The van der Waals surface area contributed by atoms with Crippen LogP contribution < -0.4 is 5.73 Å². The average Bonchev–Trinajstić information content (AvgIpc) is 2.02. The maximum absolute atomic E-state index is 12.3. The summed E-state index contributed by atoms with van der Waals surface area (Å²) in [5.74, 6) is -0.434. The van der Waals surface area contributed by atoms with E-state index in [1.807, 2.05) is 6.07 Å². The minimum absolute atomic E-state index is 0.0673. The molecule has 0 spiro atoms. The predicted octanol–water partition coefficient (Wildman–Crippen LogP) is 0.967. The number of hydrogen-bond donors (Lipinski definition) is 1. The van der Waals surface area contributed by atoms with E-state index in [9.17, 15) is 13.2 Å². The predicted molar refractivity (Wildman–Crippen MR) is 46.3 cm³/mol. The minimum Gasteiger partial charge on any atom is -0.329 e. The Bertz CT molecular complexity index is 209. The van der Waals surface area contributed by atoms with Crippen molar-refractivity contribution in [2.75, 3.05) is 20.1 Å². The second-order valence-electron chi connectivity index (χ2n) is 3.26. The molecule has 0 heterocycles. The molecule has 2 atom stereocenters. The molecular weight excluding hydrogens is 195 g/mol. The number of rotatable bonds is 4. The van der Waals surface area contributed by atoms with E-state index in [0.717, 1.165) is 4.90 Å². The first-order chi connectivity index (χ1) is 6.32. The summed E-state index contributed by atoms with van der Waals surface area (Å²) in [6.07, 6.45) is -4.33. The summed E-state index contributed by atoms with van der Waals surface area (Å²) in [6, 6.07) is 0.208. The Balaban J connectivity index is 4.34. The highest BCUT2D eigenvalue weighted by Crippen LogP contribution is 2.23. The van der Waals surface area contributed by atoms with E-state index >= 15 is 0 Å². The van der Waals surface area contributed by atoms with E-state index in [1.54, 1.807) is 6.92 Å². The lowest BCUT2D eigenvalue weighted by atomic mass is 10.1. The molecule has 0 aliphatic rings. The lowest BCUT2D eigenvalue weighted by Crippen LogP contribution is -2.49. The molecule has 6 heteroatoms. The van der Waals surface area contributed by atoms with Crippen molar-refractivity contribution < 1.29 is 13.2 Å². The zero-order chi connectivity index (χ0) is 11.4. The summed E-state index contributed by atoms with van der Waals surface area (Å²) in [6.45, 7) is 1.15. The molecule has 0 fully saturated rings. The van der Waals surface area contributed by atoms with Crippen molar-refractivity contribution in [1.29, 1.82) is 5.26 Å². The van der Waals surface area contributed by atoms with Crippen molar-refractivity contribution in [3.8, 4) is 6.07 Å². The van der Waals surface area contributed by atoms with Gasteiger partial charge in [0, 0.05) is 13.1 Å². The second-order valence-corrected chi connectivity index (χ2v) is 3.26. The van der Waals surface area contributed by atoms with Gasteiger partial charge in [0.1, 0.15) is 6.04 Å². The first-order valence-corrected chi connectivity index (χ1v) is 4.19. The minimum atomic E-state index is -4.33. The van der Waals surface area contributed by atoms with E-state index in [2.05, 4.69) is 0 Å². The van der Waals surface area contributed by atoms with Crippen molar-refractivity contribution in [3.05, 3.63) is 0 Å². The van der Waals surface area contributed by atoms with Gasteiger partial charge >= 0.3 is 6.18 Å². The molecule has 2 N–H and O–H groups in total. The first-order valence-electron chi connectivity index (χ1n) is 4.19. The smallest absolute Gasteiger partial charge is 0.329 e. The average molecular weight is 209 g/mol. The molecule has 2 unspecified atom stereocenters. The number of halogens is 3. The van der Waals surface area contributed by atoms with Crippen LogP contribution in [0.2, 0.25) is 0 Å². The summed E-state index contributed by atoms with van der Waals surface area (Å²) in [5, 5.41) is 8.45. The summed E-state index contributed by atoms with van der Waals surface area (Å²) in [4.78, 5) is 1.06. The summed E-state index contributed by atoms with van der Waals surface area (Å²) in [5.41, 5.74) is 5.03. The Labute approximate surface area is 81.3 Å². The summed E-state index contributed by atoms with van der Waals surface area (Å²) in [7, 11) is 1.32. The van der Waals surface area contributed by atoms with Crippen molar-refractivity contribution in [3.63, 3.8) is 0 Å². The Morgan fingerprint density at radius 1 is 1.50 bits per heavy atom. The number of nitriles is 1. The Kier molecular flexibility index (Phi) is 4.88. The van der Waals surface area contributed by atoms with Crippen LogP contribution in [0.3, 0.4) is 0 Å². The van der Waals surface area contributed by atoms with Gasteiger partial charge in [0.15, 0.2) is 0 Å². The van der Waals surface area contributed by atoms with Gasteiger partial charge in [-0.25, -0.2) is 0 Å². The van der Waals surface area contributed by atoms with Crippen LogP contribution in [0.4, 0.5) is 13.2 Å². The van der Waals surface area contributed by atoms with Crippen LogP contribution in [0.5, 0.6) is 0 Å². The van der Waals surface area contributed by atoms with Gasteiger partial charge in [-0.05, 0) is 14.0 Å². The molecule has 0 rings (SSSR count). The van der Waals surface area contributed by atoms with Gasteiger partial charge in [0.05, 0.1) is 12.0 Å². The number of alkyl halides is 3. The molecule has 0 aromatic heterocycles. The molecule has 0 aromatic carbocycles. The third kappa shape index (κ3) is 3.94. The molecule has 0 aromatic rings. The van der Waals surface area contributed by atoms with E-state index in [-0.39, 0.29) is 6.54 Å². The fourth-order valence-electron chi connectivity index (χ4n) is 1.16.